The number of carbonyl (C=O) groups excluding carboxylic acids is 1. The molecule has 0 heterocycles. The Hall–Kier alpha value is -0.870. The van der Waals surface area contributed by atoms with Crippen molar-refractivity contribution in [3.63, 3.8) is 0 Å². The van der Waals surface area contributed by atoms with E-state index in [0.717, 1.165) is 16.5 Å². The largest absolute Gasteiger partial charge is 0.349 e. The number of carbonyl (C=O) groups is 1. The highest BCUT2D eigenvalue weighted by molar-refractivity contribution is 9.10. The van der Waals surface area contributed by atoms with Gasteiger partial charge in [0.2, 0.25) is 5.91 Å². The molecule has 0 aromatic heterocycles. The minimum absolute atomic E-state index is 0.00814. The summed E-state index contributed by atoms with van der Waals surface area (Å²) < 4.78 is 1.02. The summed E-state index contributed by atoms with van der Waals surface area (Å²) >= 11 is 3.44. The van der Waals surface area contributed by atoms with Crippen molar-refractivity contribution in [3.8, 4) is 0 Å². The molecule has 3 nitrogen and oxygen atoms in total. The van der Waals surface area contributed by atoms with Crippen molar-refractivity contribution in [2.24, 2.45) is 17.6 Å². The smallest absolute Gasteiger partial charge is 0.224 e. The van der Waals surface area contributed by atoms with Crippen LogP contribution in [0, 0.1) is 11.8 Å². The van der Waals surface area contributed by atoms with Crippen LogP contribution in [0.5, 0.6) is 0 Å². The van der Waals surface area contributed by atoms with Crippen molar-refractivity contribution in [2.75, 3.05) is 6.54 Å². The van der Waals surface area contributed by atoms with E-state index >= 15 is 0 Å². The van der Waals surface area contributed by atoms with Gasteiger partial charge in [-0.05, 0) is 37.0 Å². The molecule has 0 saturated heterocycles. The van der Waals surface area contributed by atoms with Crippen molar-refractivity contribution in [1.82, 2.24) is 5.32 Å². The highest BCUT2D eigenvalue weighted by Crippen LogP contribution is 2.19. The van der Waals surface area contributed by atoms with E-state index in [1.807, 2.05) is 31.2 Å². The molecule has 0 aliphatic heterocycles. The molecule has 1 unspecified atom stereocenters. The van der Waals surface area contributed by atoms with E-state index in [1.165, 1.54) is 0 Å². The summed E-state index contributed by atoms with van der Waals surface area (Å²) in [5.74, 6) is 0.416. The summed E-state index contributed by atoms with van der Waals surface area (Å²) in [6.07, 6.45) is 0.827. The first-order chi connectivity index (χ1) is 8.93. The normalized spacial score (nSPS) is 14.2. The van der Waals surface area contributed by atoms with Gasteiger partial charge in [0.25, 0.3) is 0 Å². The molecule has 0 spiro atoms. The molecular formula is C15H23BrN2O. The Morgan fingerprint density at radius 2 is 2.05 bits per heavy atom. The Bertz CT molecular complexity index is 420. The van der Waals surface area contributed by atoms with Gasteiger partial charge in [0.15, 0.2) is 0 Å². The van der Waals surface area contributed by atoms with Gasteiger partial charge in [-0.3, -0.25) is 4.79 Å². The third-order valence-electron chi connectivity index (χ3n) is 3.12. The molecule has 3 N–H and O–H groups in total. The van der Waals surface area contributed by atoms with Crippen LogP contribution in [0.1, 0.15) is 38.8 Å². The van der Waals surface area contributed by atoms with Gasteiger partial charge in [-0.25, -0.2) is 0 Å². The maximum atomic E-state index is 12.2. The number of amides is 1. The fraction of sp³-hybridized carbons (Fsp3) is 0.533. The Balaban J connectivity index is 2.65. The molecule has 2 atom stereocenters. The summed E-state index contributed by atoms with van der Waals surface area (Å²) in [7, 11) is 0. The number of benzene rings is 1. The highest BCUT2D eigenvalue weighted by Gasteiger charge is 2.20. The molecule has 1 rings (SSSR count). The van der Waals surface area contributed by atoms with Gasteiger partial charge < -0.3 is 11.1 Å². The highest BCUT2D eigenvalue weighted by atomic mass is 79.9. The number of halogens is 1. The summed E-state index contributed by atoms with van der Waals surface area (Å²) in [6, 6.07) is 7.96. The monoisotopic (exact) mass is 326 g/mol. The number of nitrogens with two attached hydrogens (primary N) is 1. The second-order valence-corrected chi connectivity index (χ2v) is 6.26. The van der Waals surface area contributed by atoms with Gasteiger partial charge in [0.05, 0.1) is 12.0 Å². The molecule has 106 valence electrons. The SMILES string of the molecule is CC(C)CC(CN)C(=O)N[C@H](C)c1cccc(Br)c1. The van der Waals surface area contributed by atoms with E-state index in [4.69, 9.17) is 5.73 Å². The number of hydrogen-bond donors (Lipinski definition) is 2. The average molecular weight is 327 g/mol. The van der Waals surface area contributed by atoms with Gasteiger partial charge in [0.1, 0.15) is 0 Å². The zero-order valence-corrected chi connectivity index (χ0v) is 13.4. The van der Waals surface area contributed by atoms with Gasteiger partial charge in [-0.1, -0.05) is 41.9 Å². The zero-order valence-electron chi connectivity index (χ0n) is 11.8. The minimum atomic E-state index is -0.102. The molecule has 1 aromatic rings. The van der Waals surface area contributed by atoms with Crippen LogP contribution in [-0.4, -0.2) is 12.5 Å². The summed E-state index contributed by atoms with van der Waals surface area (Å²) in [4.78, 5) is 12.2. The molecule has 4 heteroatoms. The van der Waals surface area contributed by atoms with Crippen LogP contribution in [-0.2, 0) is 4.79 Å². The van der Waals surface area contributed by atoms with E-state index in [1.54, 1.807) is 0 Å². The van der Waals surface area contributed by atoms with Crippen molar-refractivity contribution < 1.29 is 4.79 Å². The van der Waals surface area contributed by atoms with Crippen LogP contribution in [0.4, 0.5) is 0 Å². The molecule has 1 aromatic carbocycles. The molecule has 19 heavy (non-hydrogen) atoms. The maximum Gasteiger partial charge on any atom is 0.224 e. The zero-order chi connectivity index (χ0) is 14.4. The first kappa shape index (κ1) is 16.2. The van der Waals surface area contributed by atoms with Crippen LogP contribution in [0.3, 0.4) is 0 Å². The third-order valence-corrected chi connectivity index (χ3v) is 3.61. The summed E-state index contributed by atoms with van der Waals surface area (Å²) in [5, 5.41) is 3.04. The topological polar surface area (TPSA) is 55.1 Å². The molecule has 0 bridgehead atoms. The van der Waals surface area contributed by atoms with Gasteiger partial charge in [0, 0.05) is 11.0 Å². The Morgan fingerprint density at radius 1 is 1.37 bits per heavy atom. The predicted molar refractivity (Wildman–Crippen MR) is 82.7 cm³/mol. The standard InChI is InChI=1S/C15H23BrN2O/c1-10(2)7-13(9-17)15(19)18-11(3)12-5-4-6-14(16)8-12/h4-6,8,10-11,13H,7,9,17H2,1-3H3,(H,18,19)/t11-,13?/m1/s1. The van der Waals surface area contributed by atoms with Crippen LogP contribution in [0.25, 0.3) is 0 Å². The first-order valence-corrected chi connectivity index (χ1v) is 7.49. The first-order valence-electron chi connectivity index (χ1n) is 6.70. The minimum Gasteiger partial charge on any atom is -0.349 e. The summed E-state index contributed by atoms with van der Waals surface area (Å²) in [5.41, 5.74) is 6.78. The second-order valence-electron chi connectivity index (χ2n) is 5.35. The number of nitrogens with one attached hydrogen (secondary N) is 1. The fourth-order valence-corrected chi connectivity index (χ4v) is 2.49. The van der Waals surface area contributed by atoms with Crippen molar-refractivity contribution in [2.45, 2.75) is 33.2 Å². The molecule has 0 saturated carbocycles. The predicted octanol–water partition coefficient (Wildman–Crippen LogP) is 3.25. The van der Waals surface area contributed by atoms with E-state index < -0.39 is 0 Å². The molecule has 0 fully saturated rings. The van der Waals surface area contributed by atoms with Gasteiger partial charge in [-0.15, -0.1) is 0 Å². The van der Waals surface area contributed by atoms with Gasteiger partial charge >= 0.3 is 0 Å². The molecular weight excluding hydrogens is 304 g/mol. The molecule has 1 amide bonds. The van der Waals surface area contributed by atoms with E-state index in [-0.39, 0.29) is 17.9 Å². The van der Waals surface area contributed by atoms with E-state index in [2.05, 4.69) is 35.1 Å². The number of rotatable bonds is 6. The lowest BCUT2D eigenvalue weighted by atomic mass is 9.96. The van der Waals surface area contributed by atoms with Crippen LogP contribution in [0.15, 0.2) is 28.7 Å². The van der Waals surface area contributed by atoms with Crippen LogP contribution >= 0.6 is 15.9 Å². The Kier molecular flexibility index (Phi) is 6.52. The van der Waals surface area contributed by atoms with Gasteiger partial charge in [-0.2, -0.15) is 0 Å². The van der Waals surface area contributed by atoms with Crippen molar-refractivity contribution in [3.05, 3.63) is 34.3 Å². The lowest BCUT2D eigenvalue weighted by Crippen LogP contribution is -2.37. The van der Waals surface area contributed by atoms with Crippen molar-refractivity contribution in [1.29, 1.82) is 0 Å². The lowest BCUT2D eigenvalue weighted by Gasteiger charge is -2.21. The van der Waals surface area contributed by atoms with Crippen LogP contribution < -0.4 is 11.1 Å². The average Bonchev–Trinajstić information content (AvgIpc) is 2.35. The van der Waals surface area contributed by atoms with E-state index in [0.29, 0.717) is 12.5 Å². The van der Waals surface area contributed by atoms with E-state index in [9.17, 15) is 4.79 Å². The second kappa shape index (κ2) is 7.65. The third kappa shape index (κ3) is 5.33. The Morgan fingerprint density at radius 3 is 2.58 bits per heavy atom. The fourth-order valence-electron chi connectivity index (χ4n) is 2.07. The van der Waals surface area contributed by atoms with Crippen LogP contribution in [0.2, 0.25) is 0 Å². The maximum absolute atomic E-state index is 12.2. The molecule has 0 aliphatic carbocycles. The quantitative estimate of drug-likeness (QED) is 0.843. The van der Waals surface area contributed by atoms with Crippen molar-refractivity contribution >= 4 is 21.8 Å². The lowest BCUT2D eigenvalue weighted by molar-refractivity contribution is -0.125. The summed E-state index contributed by atoms with van der Waals surface area (Å²) in [6.45, 7) is 6.60. The Labute approximate surface area is 124 Å². The molecule has 0 radical (unpaired) electrons. The molecule has 0 aliphatic rings. The number of hydrogen-bond acceptors (Lipinski definition) is 2.